The second-order valence-electron chi connectivity index (χ2n) is 4.33. The normalized spacial score (nSPS) is 10.0. The summed E-state index contributed by atoms with van der Waals surface area (Å²) in [4.78, 5) is 12.4. The molecule has 2 N–H and O–H groups in total. The van der Waals surface area contributed by atoms with Crippen LogP contribution in [0.2, 0.25) is 0 Å². The summed E-state index contributed by atoms with van der Waals surface area (Å²) in [5.74, 6) is -0.153. The third-order valence-electron chi connectivity index (χ3n) is 2.93. The molecule has 0 saturated heterocycles. The van der Waals surface area contributed by atoms with Crippen molar-refractivity contribution in [2.45, 2.75) is 13.8 Å². The van der Waals surface area contributed by atoms with Gasteiger partial charge < -0.3 is 0 Å². The topological polar surface area (TPSA) is 41.1 Å². The standard InChI is InChI=1S/C15H16N2OS/c1-10-6-7-13(9-11(10)2)12(3)16-17-15(18)14-5-4-8-19-14/h4-9,16H,3H2,1-2H3,(H,17,18). The summed E-state index contributed by atoms with van der Waals surface area (Å²) < 4.78 is 0. The fourth-order valence-corrected chi connectivity index (χ4v) is 2.22. The van der Waals surface area contributed by atoms with E-state index in [1.807, 2.05) is 29.6 Å². The molecule has 0 unspecified atom stereocenters. The number of amides is 1. The van der Waals surface area contributed by atoms with Gasteiger partial charge in [-0.25, -0.2) is 0 Å². The van der Waals surface area contributed by atoms with E-state index in [1.165, 1.54) is 22.5 Å². The summed E-state index contributed by atoms with van der Waals surface area (Å²) in [7, 11) is 0. The molecule has 1 amide bonds. The van der Waals surface area contributed by atoms with Gasteiger partial charge in [-0.3, -0.25) is 15.6 Å². The Hall–Kier alpha value is -2.07. The number of hydrogen-bond donors (Lipinski definition) is 2. The van der Waals surface area contributed by atoms with E-state index in [9.17, 15) is 4.79 Å². The summed E-state index contributed by atoms with van der Waals surface area (Å²) in [6, 6.07) is 9.69. The maximum absolute atomic E-state index is 11.8. The van der Waals surface area contributed by atoms with Crippen LogP contribution in [-0.2, 0) is 0 Å². The summed E-state index contributed by atoms with van der Waals surface area (Å²) >= 11 is 1.40. The fraction of sp³-hybridized carbons (Fsp3) is 0.133. The van der Waals surface area contributed by atoms with Crippen LogP contribution in [-0.4, -0.2) is 5.91 Å². The number of rotatable bonds is 4. The van der Waals surface area contributed by atoms with E-state index in [-0.39, 0.29) is 5.91 Å². The number of hydrogen-bond acceptors (Lipinski definition) is 3. The Morgan fingerprint density at radius 1 is 1.16 bits per heavy atom. The van der Waals surface area contributed by atoms with Crippen LogP contribution >= 0.6 is 11.3 Å². The Morgan fingerprint density at radius 3 is 2.58 bits per heavy atom. The minimum atomic E-state index is -0.153. The van der Waals surface area contributed by atoms with Gasteiger partial charge in [0.1, 0.15) is 0 Å². The number of carbonyl (C=O) groups excluding carboxylic acids is 1. The number of aryl methyl sites for hydroxylation is 2. The average molecular weight is 272 g/mol. The molecule has 0 radical (unpaired) electrons. The van der Waals surface area contributed by atoms with Crippen molar-refractivity contribution in [1.29, 1.82) is 0 Å². The number of nitrogens with one attached hydrogen (secondary N) is 2. The smallest absolute Gasteiger partial charge is 0.279 e. The summed E-state index contributed by atoms with van der Waals surface area (Å²) in [5, 5.41) is 1.87. The van der Waals surface area contributed by atoms with Gasteiger partial charge in [-0.15, -0.1) is 11.3 Å². The molecule has 0 fully saturated rings. The largest absolute Gasteiger partial charge is 0.298 e. The maximum Gasteiger partial charge on any atom is 0.279 e. The molecule has 19 heavy (non-hydrogen) atoms. The Labute approximate surface area is 116 Å². The van der Waals surface area contributed by atoms with Crippen molar-refractivity contribution in [2.24, 2.45) is 0 Å². The molecule has 1 heterocycles. The minimum absolute atomic E-state index is 0.153. The molecule has 0 spiro atoms. The predicted molar refractivity (Wildman–Crippen MR) is 79.9 cm³/mol. The van der Waals surface area contributed by atoms with Crippen LogP contribution in [0.5, 0.6) is 0 Å². The highest BCUT2D eigenvalue weighted by molar-refractivity contribution is 7.12. The molecule has 0 aliphatic rings. The van der Waals surface area contributed by atoms with Gasteiger partial charge in [-0.1, -0.05) is 24.8 Å². The second-order valence-corrected chi connectivity index (χ2v) is 5.28. The van der Waals surface area contributed by atoms with Crippen molar-refractivity contribution in [2.75, 3.05) is 0 Å². The Balaban J connectivity index is 1.98. The average Bonchev–Trinajstić information content (AvgIpc) is 2.92. The summed E-state index contributed by atoms with van der Waals surface area (Å²) in [5.41, 5.74) is 9.56. The molecule has 4 heteroatoms. The number of thiophene rings is 1. The first-order valence-electron chi connectivity index (χ1n) is 5.94. The van der Waals surface area contributed by atoms with Crippen LogP contribution in [0, 0.1) is 13.8 Å². The van der Waals surface area contributed by atoms with E-state index in [4.69, 9.17) is 0 Å². The molecule has 98 valence electrons. The van der Waals surface area contributed by atoms with Crippen LogP contribution in [0.1, 0.15) is 26.4 Å². The van der Waals surface area contributed by atoms with Gasteiger partial charge in [0.15, 0.2) is 0 Å². The van der Waals surface area contributed by atoms with E-state index in [2.05, 4.69) is 31.3 Å². The molecule has 1 aromatic carbocycles. The highest BCUT2D eigenvalue weighted by atomic mass is 32.1. The van der Waals surface area contributed by atoms with Gasteiger partial charge in [-0.05, 0) is 48.1 Å². The molecule has 1 aromatic heterocycles. The monoisotopic (exact) mass is 272 g/mol. The molecule has 0 bridgehead atoms. The van der Waals surface area contributed by atoms with Crippen LogP contribution in [0.3, 0.4) is 0 Å². The van der Waals surface area contributed by atoms with E-state index in [1.54, 1.807) is 6.07 Å². The first-order valence-corrected chi connectivity index (χ1v) is 6.82. The third kappa shape index (κ3) is 3.23. The van der Waals surface area contributed by atoms with Gasteiger partial charge in [0.2, 0.25) is 0 Å². The van der Waals surface area contributed by atoms with Gasteiger partial charge in [0.25, 0.3) is 5.91 Å². The lowest BCUT2D eigenvalue weighted by Crippen LogP contribution is -2.35. The lowest BCUT2D eigenvalue weighted by atomic mass is 10.1. The van der Waals surface area contributed by atoms with Crippen molar-refractivity contribution >= 4 is 22.9 Å². The zero-order valence-corrected chi connectivity index (χ0v) is 11.8. The maximum atomic E-state index is 11.8. The van der Waals surface area contributed by atoms with Crippen LogP contribution in [0.4, 0.5) is 0 Å². The highest BCUT2D eigenvalue weighted by Gasteiger charge is 2.06. The molecule has 0 atom stereocenters. The first-order chi connectivity index (χ1) is 9.08. The number of benzene rings is 1. The van der Waals surface area contributed by atoms with Crippen molar-refractivity contribution < 1.29 is 4.79 Å². The van der Waals surface area contributed by atoms with Crippen molar-refractivity contribution in [3.8, 4) is 0 Å². The Bertz CT molecular complexity index is 603. The molecule has 0 aliphatic heterocycles. The fourth-order valence-electron chi connectivity index (χ4n) is 1.60. The van der Waals surface area contributed by atoms with E-state index < -0.39 is 0 Å². The lowest BCUT2D eigenvalue weighted by Gasteiger charge is -2.12. The van der Waals surface area contributed by atoms with Crippen LogP contribution < -0.4 is 10.9 Å². The van der Waals surface area contributed by atoms with Gasteiger partial charge >= 0.3 is 0 Å². The zero-order chi connectivity index (χ0) is 13.8. The van der Waals surface area contributed by atoms with Gasteiger partial charge in [0.05, 0.1) is 10.6 Å². The van der Waals surface area contributed by atoms with E-state index >= 15 is 0 Å². The highest BCUT2D eigenvalue weighted by Crippen LogP contribution is 2.14. The third-order valence-corrected chi connectivity index (χ3v) is 3.80. The molecule has 3 nitrogen and oxygen atoms in total. The molecular weight excluding hydrogens is 256 g/mol. The zero-order valence-electron chi connectivity index (χ0n) is 11.0. The molecule has 2 rings (SSSR count). The van der Waals surface area contributed by atoms with Gasteiger partial charge in [-0.2, -0.15) is 0 Å². The Morgan fingerprint density at radius 2 is 1.95 bits per heavy atom. The van der Waals surface area contributed by atoms with E-state index in [0.717, 1.165) is 5.56 Å². The Kier molecular flexibility index (Phi) is 4.02. The van der Waals surface area contributed by atoms with Gasteiger partial charge in [0, 0.05) is 0 Å². The summed E-state index contributed by atoms with van der Waals surface area (Å²) in [6.45, 7) is 8.04. The van der Waals surface area contributed by atoms with Crippen molar-refractivity contribution in [3.63, 3.8) is 0 Å². The molecule has 0 aliphatic carbocycles. The van der Waals surface area contributed by atoms with Crippen LogP contribution in [0.15, 0.2) is 42.3 Å². The second kappa shape index (κ2) is 5.71. The molecule has 0 saturated carbocycles. The van der Waals surface area contributed by atoms with Crippen molar-refractivity contribution in [1.82, 2.24) is 10.9 Å². The number of carbonyl (C=O) groups is 1. The van der Waals surface area contributed by atoms with Crippen LogP contribution in [0.25, 0.3) is 5.70 Å². The quantitative estimate of drug-likeness (QED) is 0.839. The number of hydrazine groups is 1. The lowest BCUT2D eigenvalue weighted by molar-refractivity contribution is 0.0946. The SMILES string of the molecule is C=C(NNC(=O)c1cccs1)c1ccc(C)c(C)c1. The predicted octanol–water partition coefficient (Wildman–Crippen LogP) is 3.27. The van der Waals surface area contributed by atoms with Crippen molar-refractivity contribution in [3.05, 3.63) is 63.9 Å². The van der Waals surface area contributed by atoms with E-state index in [0.29, 0.717) is 10.6 Å². The molecular formula is C15H16N2OS. The first kappa shape index (κ1) is 13.4. The molecule has 2 aromatic rings. The summed E-state index contributed by atoms with van der Waals surface area (Å²) in [6.07, 6.45) is 0. The minimum Gasteiger partial charge on any atom is -0.298 e.